The number of hydrogen-bond donors (Lipinski definition) is 4. The van der Waals surface area contributed by atoms with Crippen LogP contribution in [0, 0.1) is 0 Å². The molecule has 43 heavy (non-hydrogen) atoms. The molecule has 2 amide bonds. The lowest BCUT2D eigenvalue weighted by Crippen LogP contribution is -2.41. The number of nitrogens with one attached hydrogen (secondary N) is 4. The zero-order chi connectivity index (χ0) is 30.9. The number of benzene rings is 1. The Bertz CT molecular complexity index is 1500. The molecule has 0 unspecified atom stereocenters. The van der Waals surface area contributed by atoms with Crippen molar-refractivity contribution in [2.24, 2.45) is 0 Å². The van der Waals surface area contributed by atoms with Crippen LogP contribution in [0.25, 0.3) is 11.1 Å². The predicted molar refractivity (Wildman–Crippen MR) is 168 cm³/mol. The first-order valence-corrected chi connectivity index (χ1v) is 15.5. The summed E-state index contributed by atoms with van der Waals surface area (Å²) in [6.45, 7) is 1.89. The van der Waals surface area contributed by atoms with Crippen LogP contribution in [0.5, 0.6) is 17.2 Å². The van der Waals surface area contributed by atoms with E-state index in [1.165, 1.54) is 6.92 Å². The highest BCUT2D eigenvalue weighted by Gasteiger charge is 2.30. The number of aryl methyl sites for hydroxylation is 1. The first-order chi connectivity index (χ1) is 20.8. The number of aromatic nitrogens is 2. The number of anilines is 1. The minimum atomic E-state index is -0.624. The second kappa shape index (κ2) is 14.8. The van der Waals surface area contributed by atoms with Crippen molar-refractivity contribution in [1.29, 1.82) is 0 Å². The van der Waals surface area contributed by atoms with Crippen LogP contribution >= 0.6 is 11.8 Å². The van der Waals surface area contributed by atoms with Gasteiger partial charge in [0, 0.05) is 37.3 Å². The molecular weight excluding hydrogens is 570 g/mol. The van der Waals surface area contributed by atoms with Crippen molar-refractivity contribution >= 4 is 29.3 Å². The fourth-order valence-electron chi connectivity index (χ4n) is 5.38. The molecule has 0 radical (unpaired) electrons. The Morgan fingerprint density at radius 3 is 2.58 bits per heavy atom. The number of hydrogen-bond acceptors (Lipinski definition) is 9. The molecule has 0 saturated heterocycles. The molecule has 1 aliphatic rings. The maximum absolute atomic E-state index is 13.7. The number of nitrogens with zero attached hydrogens (tertiary/aromatic N) is 1. The largest absolute Gasteiger partial charge is 0.493 e. The van der Waals surface area contributed by atoms with Gasteiger partial charge in [0.05, 0.1) is 39.4 Å². The van der Waals surface area contributed by atoms with Crippen LogP contribution in [0.15, 0.2) is 41.6 Å². The van der Waals surface area contributed by atoms with Gasteiger partial charge in [0.1, 0.15) is 6.04 Å². The fourth-order valence-corrected chi connectivity index (χ4v) is 5.86. The maximum atomic E-state index is 13.7. The molecule has 0 saturated carbocycles. The van der Waals surface area contributed by atoms with Crippen LogP contribution in [0.3, 0.4) is 0 Å². The van der Waals surface area contributed by atoms with E-state index in [1.54, 1.807) is 57.7 Å². The van der Waals surface area contributed by atoms with Crippen molar-refractivity contribution in [1.82, 2.24) is 20.6 Å². The normalized spacial score (nSPS) is 14.4. The topological polar surface area (TPSA) is 144 Å². The highest BCUT2D eigenvalue weighted by atomic mass is 32.2. The van der Waals surface area contributed by atoms with Crippen LogP contribution in [-0.2, 0) is 22.4 Å². The number of rotatable bonds is 13. The van der Waals surface area contributed by atoms with E-state index in [1.807, 2.05) is 18.4 Å². The van der Waals surface area contributed by atoms with Crippen molar-refractivity contribution < 1.29 is 23.8 Å². The van der Waals surface area contributed by atoms with E-state index in [-0.39, 0.29) is 22.9 Å². The van der Waals surface area contributed by atoms with Crippen molar-refractivity contribution in [3.05, 3.63) is 63.8 Å². The molecular formula is C31H39N5O6S. The Morgan fingerprint density at radius 2 is 1.93 bits per heavy atom. The summed E-state index contributed by atoms with van der Waals surface area (Å²) in [4.78, 5) is 46.2. The smallest absolute Gasteiger partial charge is 0.242 e. The lowest BCUT2D eigenvalue weighted by molar-refractivity contribution is -0.122. The second-order valence-electron chi connectivity index (χ2n) is 10.2. The van der Waals surface area contributed by atoms with Crippen molar-refractivity contribution in [3.63, 3.8) is 0 Å². The van der Waals surface area contributed by atoms with E-state index < -0.39 is 12.1 Å². The molecule has 0 bridgehead atoms. The van der Waals surface area contributed by atoms with Gasteiger partial charge in [-0.2, -0.15) is 11.8 Å². The van der Waals surface area contributed by atoms with Gasteiger partial charge in [0.25, 0.3) is 0 Å². The predicted octanol–water partition coefficient (Wildman–Crippen LogP) is 3.48. The Morgan fingerprint density at radius 1 is 1.14 bits per heavy atom. The van der Waals surface area contributed by atoms with Gasteiger partial charge in [0.15, 0.2) is 11.5 Å². The monoisotopic (exact) mass is 609 g/mol. The summed E-state index contributed by atoms with van der Waals surface area (Å²) in [5, 5.41) is 9.20. The summed E-state index contributed by atoms with van der Waals surface area (Å²) in [6.07, 6.45) is 7.59. The Labute approximate surface area is 255 Å². The van der Waals surface area contributed by atoms with Crippen LogP contribution in [0.2, 0.25) is 0 Å². The molecule has 1 aliphatic carbocycles. The van der Waals surface area contributed by atoms with Gasteiger partial charge in [-0.1, -0.05) is 6.07 Å². The van der Waals surface area contributed by atoms with E-state index in [2.05, 4.69) is 25.9 Å². The molecule has 4 N–H and O–H groups in total. The number of aromatic amines is 1. The SMILES string of the molecule is COc1cc2c(c(OC)c1OC)-c1ccc(N[C@@H](CCSC)C(=O)NCCc3cnc[nH]3)c(=O)cc1[C@@H](NC(C)=O)CC2. The van der Waals surface area contributed by atoms with Gasteiger partial charge in [-0.25, -0.2) is 4.98 Å². The zero-order valence-corrected chi connectivity index (χ0v) is 26.0. The third-order valence-corrected chi connectivity index (χ3v) is 8.07. The molecule has 0 fully saturated rings. The number of ether oxygens (including phenoxy) is 3. The highest BCUT2D eigenvalue weighted by molar-refractivity contribution is 7.98. The Kier molecular flexibility index (Phi) is 10.9. The van der Waals surface area contributed by atoms with Gasteiger partial charge in [-0.15, -0.1) is 0 Å². The van der Waals surface area contributed by atoms with Gasteiger partial charge in [0.2, 0.25) is 23.0 Å². The van der Waals surface area contributed by atoms with E-state index in [0.717, 1.165) is 28.1 Å². The van der Waals surface area contributed by atoms with Gasteiger partial charge in [-0.3, -0.25) is 14.4 Å². The number of H-pyrrole nitrogens is 1. The van der Waals surface area contributed by atoms with E-state index in [0.29, 0.717) is 55.0 Å². The number of methoxy groups -OCH3 is 3. The number of imidazole rings is 1. The summed E-state index contributed by atoms with van der Waals surface area (Å²) in [7, 11) is 4.67. The molecule has 0 spiro atoms. The number of carbonyl (C=O) groups excluding carboxylic acids is 2. The molecule has 0 aliphatic heterocycles. The molecule has 1 heterocycles. The van der Waals surface area contributed by atoms with Crippen molar-refractivity contribution in [2.75, 3.05) is 45.2 Å². The molecule has 4 rings (SSSR count). The van der Waals surface area contributed by atoms with E-state index in [4.69, 9.17) is 14.2 Å². The second-order valence-corrected chi connectivity index (χ2v) is 11.2. The van der Waals surface area contributed by atoms with Gasteiger partial charge in [-0.05, 0) is 66.2 Å². The third-order valence-electron chi connectivity index (χ3n) is 7.42. The quantitative estimate of drug-likeness (QED) is 0.229. The lowest BCUT2D eigenvalue weighted by Gasteiger charge is -2.19. The van der Waals surface area contributed by atoms with Crippen LogP contribution in [-0.4, -0.2) is 67.7 Å². The standard InChI is InChI=1S/C31H39N5O6S/c1-18(37)35-23-8-6-19-14-27(40-2)29(41-3)30(42-4)28(19)21-7-9-24(26(38)15-22(21)23)36-25(11-13-43-5)31(39)33-12-10-20-16-32-17-34-20/h7,9,14-17,23,25H,6,8,10-13H2,1-5H3,(H,32,34)(H,33,39)(H,35,37)(H,36,38)/t23-,25-/m0/s1. The highest BCUT2D eigenvalue weighted by Crippen LogP contribution is 2.50. The molecule has 2 atom stereocenters. The summed E-state index contributed by atoms with van der Waals surface area (Å²) in [6, 6.07) is 5.95. The summed E-state index contributed by atoms with van der Waals surface area (Å²) in [5.41, 5.74) is 3.99. The average molecular weight is 610 g/mol. The van der Waals surface area contributed by atoms with Crippen molar-refractivity contribution in [3.8, 4) is 28.4 Å². The molecule has 3 aromatic rings. The molecule has 2 aromatic carbocycles. The van der Waals surface area contributed by atoms with Gasteiger partial charge >= 0.3 is 0 Å². The number of amides is 2. The van der Waals surface area contributed by atoms with E-state index >= 15 is 0 Å². The molecule has 1 aromatic heterocycles. The van der Waals surface area contributed by atoms with E-state index in [9.17, 15) is 14.4 Å². The Hall–Kier alpha value is -4.19. The minimum absolute atomic E-state index is 0.194. The summed E-state index contributed by atoms with van der Waals surface area (Å²) >= 11 is 1.63. The average Bonchev–Trinajstić information content (AvgIpc) is 3.41. The lowest BCUT2D eigenvalue weighted by atomic mass is 9.95. The first kappa shape index (κ1) is 31.7. The van der Waals surface area contributed by atoms with Gasteiger partial charge < -0.3 is 35.1 Å². The number of carbonyl (C=O) groups is 2. The summed E-state index contributed by atoms with van der Waals surface area (Å²) in [5.74, 6) is 1.77. The summed E-state index contributed by atoms with van der Waals surface area (Å²) < 4.78 is 17.1. The van der Waals surface area contributed by atoms with Crippen LogP contribution in [0.4, 0.5) is 5.69 Å². The maximum Gasteiger partial charge on any atom is 0.242 e. The third kappa shape index (κ3) is 7.42. The fraction of sp³-hybridized carbons (Fsp3) is 0.419. The zero-order valence-electron chi connectivity index (χ0n) is 25.2. The minimum Gasteiger partial charge on any atom is -0.493 e. The number of thioether (sulfide) groups is 1. The molecule has 11 nitrogen and oxygen atoms in total. The molecule has 12 heteroatoms. The van der Waals surface area contributed by atoms with Crippen LogP contribution < -0.4 is 35.6 Å². The van der Waals surface area contributed by atoms with Crippen molar-refractivity contribution in [2.45, 2.75) is 44.7 Å². The Balaban J connectivity index is 1.76. The first-order valence-electron chi connectivity index (χ1n) is 14.1. The molecule has 230 valence electrons. The number of fused-ring (bicyclic) bond motifs is 3. The van der Waals surface area contributed by atoms with Crippen LogP contribution in [0.1, 0.15) is 42.6 Å².